The van der Waals surface area contributed by atoms with Crippen LogP contribution in [0, 0.1) is 13.8 Å². The van der Waals surface area contributed by atoms with Gasteiger partial charge >= 0.3 is 5.65 Å². The van der Waals surface area contributed by atoms with Gasteiger partial charge in [-0.05, 0) is 95.2 Å². The third-order valence-electron chi connectivity index (χ3n) is 10.1. The van der Waals surface area contributed by atoms with Crippen LogP contribution in [-0.2, 0) is 27.1 Å². The molecule has 268 valence electrons. The van der Waals surface area contributed by atoms with Gasteiger partial charge in [0.05, 0.1) is 6.20 Å². The Morgan fingerprint density at radius 2 is 1.57 bits per heavy atom. The average molecular weight is 836 g/mol. The number of aryl methyl sites for hydroxylation is 3. The highest BCUT2D eigenvalue weighted by atomic mass is 79.9. The lowest BCUT2D eigenvalue weighted by atomic mass is 9.89. The molecule has 0 radical (unpaired) electrons. The number of fused-ring (bicyclic) bond motifs is 2. The van der Waals surface area contributed by atoms with Crippen molar-refractivity contribution in [3.8, 4) is 5.82 Å². The van der Waals surface area contributed by atoms with Crippen molar-refractivity contribution in [1.29, 1.82) is 0 Å². The molecule has 0 saturated carbocycles. The Bertz CT molecular complexity index is 2530. The van der Waals surface area contributed by atoms with E-state index in [-0.39, 0.29) is 31.2 Å². The predicted octanol–water partition coefficient (Wildman–Crippen LogP) is 4.01. The SMILES string of the molecule is Cc1cc2n(-c3nc(Cl)sc3S(=O)(=O)N3CCC(c4cn5ncnc5cc4C)CC3)cn[n+]2cc1C1CCN(S(=O)(=O)c2cnn(C)c2Br)CC1. The van der Waals surface area contributed by atoms with Gasteiger partial charge in [-0.25, -0.2) is 26.3 Å². The van der Waals surface area contributed by atoms with Crippen molar-refractivity contribution in [2.24, 2.45) is 7.05 Å². The van der Waals surface area contributed by atoms with Crippen molar-refractivity contribution in [3.63, 3.8) is 0 Å². The van der Waals surface area contributed by atoms with Crippen molar-refractivity contribution in [1.82, 2.24) is 47.6 Å². The first-order valence-electron chi connectivity index (χ1n) is 16.4. The highest BCUT2D eigenvalue weighted by molar-refractivity contribution is 9.10. The first kappa shape index (κ1) is 34.7. The molecule has 8 rings (SSSR count). The number of rotatable bonds is 7. The maximum absolute atomic E-state index is 14.2. The Morgan fingerprint density at radius 3 is 2.24 bits per heavy atom. The Kier molecular flexibility index (Phi) is 8.83. The van der Waals surface area contributed by atoms with Crippen molar-refractivity contribution >= 4 is 70.2 Å². The summed E-state index contributed by atoms with van der Waals surface area (Å²) in [5, 5.41) is 12.9. The number of hydrogen-bond donors (Lipinski definition) is 0. The van der Waals surface area contributed by atoms with E-state index in [9.17, 15) is 16.8 Å². The molecular weight excluding hydrogens is 802 g/mol. The fourth-order valence-electron chi connectivity index (χ4n) is 7.31. The fourth-order valence-corrected chi connectivity index (χ4v) is 12.9. The summed E-state index contributed by atoms with van der Waals surface area (Å²) < 4.78 is 65.2. The molecule has 6 aromatic heterocycles. The molecule has 6 aromatic rings. The molecule has 2 aliphatic heterocycles. The Morgan fingerprint density at radius 1 is 0.922 bits per heavy atom. The van der Waals surface area contributed by atoms with Gasteiger partial charge in [-0.2, -0.15) is 28.4 Å². The van der Waals surface area contributed by atoms with Crippen molar-refractivity contribution in [2.45, 2.75) is 60.5 Å². The van der Waals surface area contributed by atoms with Crippen LogP contribution in [0.2, 0.25) is 4.47 Å². The first-order valence-corrected chi connectivity index (χ1v) is 21.2. The lowest BCUT2D eigenvalue weighted by Crippen LogP contribution is -2.38. The van der Waals surface area contributed by atoms with Gasteiger partial charge in [0.1, 0.15) is 22.0 Å². The van der Waals surface area contributed by atoms with Gasteiger partial charge in [-0.1, -0.05) is 22.9 Å². The molecule has 0 aliphatic carbocycles. The molecule has 0 spiro atoms. The summed E-state index contributed by atoms with van der Waals surface area (Å²) in [6, 6.07) is 3.97. The second-order valence-corrected chi connectivity index (χ2v) is 19.4. The van der Waals surface area contributed by atoms with Gasteiger partial charge in [0.2, 0.25) is 20.6 Å². The van der Waals surface area contributed by atoms with E-state index in [0.29, 0.717) is 62.1 Å². The van der Waals surface area contributed by atoms with Crippen LogP contribution >= 0.6 is 38.9 Å². The molecule has 0 unspecified atom stereocenters. The molecule has 51 heavy (non-hydrogen) atoms. The van der Waals surface area contributed by atoms with Gasteiger partial charge in [0, 0.05) is 51.1 Å². The predicted molar refractivity (Wildman–Crippen MR) is 192 cm³/mol. The quantitative estimate of drug-likeness (QED) is 0.217. The van der Waals surface area contributed by atoms with Crippen LogP contribution in [0.3, 0.4) is 0 Å². The van der Waals surface area contributed by atoms with E-state index < -0.39 is 20.0 Å². The van der Waals surface area contributed by atoms with E-state index in [1.165, 1.54) is 25.8 Å². The molecule has 0 aromatic carbocycles. The second kappa shape index (κ2) is 13.0. The Balaban J connectivity index is 1.01. The minimum absolute atomic E-state index is 0.0710. The topological polar surface area (TPSA) is 158 Å². The zero-order valence-corrected chi connectivity index (χ0v) is 32.7. The maximum atomic E-state index is 14.2. The number of aromatic nitrogens is 9. The van der Waals surface area contributed by atoms with E-state index in [2.05, 4.69) is 48.1 Å². The van der Waals surface area contributed by atoms with Crippen LogP contribution in [0.25, 0.3) is 17.1 Å². The maximum Gasteiger partial charge on any atom is 0.315 e. The van der Waals surface area contributed by atoms with Crippen LogP contribution in [0.15, 0.2) is 57.1 Å². The van der Waals surface area contributed by atoms with E-state index in [1.807, 2.05) is 31.5 Å². The monoisotopic (exact) mass is 834 g/mol. The number of nitrogens with zero attached hydrogens (tertiary/aromatic N) is 11. The molecule has 8 heterocycles. The largest absolute Gasteiger partial charge is 0.315 e. The summed E-state index contributed by atoms with van der Waals surface area (Å²) in [5.41, 5.74) is 5.73. The van der Waals surface area contributed by atoms with Crippen molar-refractivity contribution in [3.05, 3.63) is 74.7 Å². The molecule has 15 nitrogen and oxygen atoms in total. The smallest absolute Gasteiger partial charge is 0.260 e. The van der Waals surface area contributed by atoms with Crippen LogP contribution in [-0.4, -0.2) is 90.7 Å². The van der Waals surface area contributed by atoms with E-state index >= 15 is 0 Å². The zero-order chi connectivity index (χ0) is 35.8. The molecule has 2 fully saturated rings. The van der Waals surface area contributed by atoms with Crippen LogP contribution < -0.4 is 4.52 Å². The number of pyridine rings is 2. The third-order valence-corrected chi connectivity index (χ3v) is 16.7. The molecule has 2 aliphatic rings. The first-order chi connectivity index (χ1) is 24.3. The number of halogens is 2. The summed E-state index contributed by atoms with van der Waals surface area (Å²) in [5.74, 6) is 0.521. The summed E-state index contributed by atoms with van der Waals surface area (Å²) in [7, 11) is -5.93. The molecule has 2 saturated heterocycles. The number of thiazole rings is 1. The second-order valence-electron chi connectivity index (χ2n) is 13.0. The molecule has 0 atom stereocenters. The highest BCUT2D eigenvalue weighted by Crippen LogP contribution is 2.38. The summed E-state index contributed by atoms with van der Waals surface area (Å²) in [6.45, 7) is 5.52. The van der Waals surface area contributed by atoms with E-state index in [0.717, 1.165) is 39.2 Å². The molecule has 0 bridgehead atoms. The number of piperidine rings is 2. The summed E-state index contributed by atoms with van der Waals surface area (Å²) >= 11 is 10.7. The average Bonchev–Trinajstić information content (AvgIpc) is 3.91. The normalized spacial score (nSPS) is 17.7. The Hall–Kier alpha value is -3.33. The van der Waals surface area contributed by atoms with Gasteiger partial charge in [0.25, 0.3) is 15.8 Å². The minimum Gasteiger partial charge on any atom is -0.260 e. The fraction of sp³-hybridized carbons (Fsp3) is 0.419. The van der Waals surface area contributed by atoms with Crippen LogP contribution in [0.5, 0.6) is 0 Å². The standard InChI is InChI=1S/C31H34BrClN11O4S3/c1-19-12-26-34-17-36-43(26)15-23(19)21-6-10-41(11-7-21)51(47,48)30-29(38-31(33)49-30)42-18-37-44-16-24(20(2)13-27(42)44)22-4-8-40(9-5-22)50(45,46)25-14-35-39(3)28(25)32/h12-18,21-22H,4-11H2,1-3H3/q+1. The van der Waals surface area contributed by atoms with E-state index in [4.69, 9.17) is 11.6 Å². The van der Waals surface area contributed by atoms with E-state index in [1.54, 1.807) is 27.0 Å². The number of hydrogen-bond acceptors (Lipinski definition) is 10. The summed E-state index contributed by atoms with van der Waals surface area (Å²) in [6.07, 6.45) is 11.0. The van der Waals surface area contributed by atoms with Gasteiger partial charge in [0.15, 0.2) is 10.1 Å². The zero-order valence-electron chi connectivity index (χ0n) is 27.9. The molecule has 0 N–H and O–H groups in total. The van der Waals surface area contributed by atoms with Gasteiger partial charge in [-0.3, -0.25) is 4.68 Å². The van der Waals surface area contributed by atoms with Crippen LogP contribution in [0.4, 0.5) is 0 Å². The Labute approximate surface area is 311 Å². The minimum atomic E-state index is -3.92. The molecule has 0 amide bonds. The third kappa shape index (κ3) is 5.99. The van der Waals surface area contributed by atoms with Gasteiger partial charge < -0.3 is 0 Å². The number of sulfonamides is 2. The summed E-state index contributed by atoms with van der Waals surface area (Å²) in [4.78, 5) is 8.89. The van der Waals surface area contributed by atoms with Crippen molar-refractivity contribution < 1.29 is 21.4 Å². The molecular formula is C31H34BrClN11O4S3+. The van der Waals surface area contributed by atoms with Crippen LogP contribution in [0.1, 0.15) is 59.8 Å². The lowest BCUT2D eigenvalue weighted by molar-refractivity contribution is -0.578. The van der Waals surface area contributed by atoms with Crippen molar-refractivity contribution in [2.75, 3.05) is 26.2 Å². The van der Waals surface area contributed by atoms with Gasteiger partial charge in [-0.15, -0.1) is 4.52 Å². The molecule has 20 heteroatoms. The highest BCUT2D eigenvalue weighted by Gasteiger charge is 2.38. The lowest BCUT2D eigenvalue weighted by Gasteiger charge is -2.31.